The van der Waals surface area contributed by atoms with Crippen molar-refractivity contribution in [1.29, 1.82) is 0 Å². The molecule has 150 valence electrons. The van der Waals surface area contributed by atoms with Gasteiger partial charge in [0.1, 0.15) is 0 Å². The van der Waals surface area contributed by atoms with Gasteiger partial charge in [-0.3, -0.25) is 14.6 Å². The number of aliphatic imine (C=N–C) groups is 1. The molecule has 1 aromatic carbocycles. The van der Waals surface area contributed by atoms with Crippen LogP contribution in [0, 0.1) is 0 Å². The fraction of sp³-hybridized carbons (Fsp3) is 0.500. The maximum Gasteiger partial charge on any atom is 0.251 e. The van der Waals surface area contributed by atoms with Gasteiger partial charge >= 0.3 is 0 Å². The lowest BCUT2D eigenvalue weighted by Crippen LogP contribution is -2.37. The summed E-state index contributed by atoms with van der Waals surface area (Å²) in [6.07, 6.45) is 0.861. The number of hydrogen-bond donors (Lipinski definition) is 4. The Kier molecular flexibility index (Phi) is 11.2. The molecule has 0 aliphatic heterocycles. The zero-order valence-corrected chi connectivity index (χ0v) is 15.9. The van der Waals surface area contributed by atoms with Crippen molar-refractivity contribution in [2.75, 3.05) is 47.1 Å². The minimum atomic E-state index is -0.579. The zero-order valence-electron chi connectivity index (χ0n) is 15.9. The lowest BCUT2D eigenvalue weighted by Gasteiger charge is -2.12. The predicted molar refractivity (Wildman–Crippen MR) is 103 cm³/mol. The fourth-order valence-electron chi connectivity index (χ4n) is 2.08. The fourth-order valence-corrected chi connectivity index (χ4v) is 2.08. The molecule has 9 heteroatoms. The van der Waals surface area contributed by atoms with Gasteiger partial charge in [-0.1, -0.05) is 12.1 Å². The van der Waals surface area contributed by atoms with Crippen molar-refractivity contribution in [2.24, 2.45) is 10.7 Å². The number of rotatable bonds is 12. The number of methoxy groups -OCH3 is 1. The second-order valence-electron chi connectivity index (χ2n) is 5.66. The molecule has 0 saturated heterocycles. The number of guanidine groups is 1. The second kappa shape index (κ2) is 13.5. The molecule has 0 atom stereocenters. The molecule has 0 aromatic heterocycles. The quantitative estimate of drug-likeness (QED) is 0.223. The van der Waals surface area contributed by atoms with Crippen LogP contribution >= 0.6 is 0 Å². The summed E-state index contributed by atoms with van der Waals surface area (Å²) in [5.41, 5.74) is 6.47. The van der Waals surface area contributed by atoms with Crippen LogP contribution < -0.4 is 21.7 Å². The number of hydrogen-bond acceptors (Lipinski definition) is 5. The molecule has 0 spiro atoms. The number of benzene rings is 1. The van der Waals surface area contributed by atoms with E-state index in [9.17, 15) is 9.59 Å². The lowest BCUT2D eigenvalue weighted by molar-refractivity contribution is -0.117. The van der Waals surface area contributed by atoms with E-state index in [-0.39, 0.29) is 12.5 Å². The van der Waals surface area contributed by atoms with E-state index in [0.29, 0.717) is 37.9 Å². The molecule has 27 heavy (non-hydrogen) atoms. The number of nitrogens with two attached hydrogens (primary N) is 1. The second-order valence-corrected chi connectivity index (χ2v) is 5.66. The molecule has 0 fully saturated rings. The number of carbonyl (C=O) groups is 2. The van der Waals surface area contributed by atoms with Crippen LogP contribution in [0.1, 0.15) is 22.3 Å². The molecule has 0 unspecified atom stereocenters. The third-order valence-corrected chi connectivity index (χ3v) is 3.51. The molecule has 0 aliphatic carbocycles. The van der Waals surface area contributed by atoms with Gasteiger partial charge in [0, 0.05) is 39.4 Å². The van der Waals surface area contributed by atoms with Crippen LogP contribution in [0.2, 0.25) is 0 Å². The van der Waals surface area contributed by atoms with Crippen molar-refractivity contribution in [3.05, 3.63) is 35.4 Å². The average molecular weight is 379 g/mol. The molecule has 0 aliphatic rings. The van der Waals surface area contributed by atoms with E-state index in [1.165, 1.54) is 0 Å². The Bertz CT molecular complexity index is 604. The SMILES string of the molecule is CN=C(NCCCOCCOC)NCc1ccc(C(=O)NCC(N)=O)cc1. The molecule has 0 radical (unpaired) electrons. The van der Waals surface area contributed by atoms with Gasteiger partial charge in [-0.15, -0.1) is 0 Å². The number of ether oxygens (including phenoxy) is 2. The largest absolute Gasteiger partial charge is 0.382 e. The van der Waals surface area contributed by atoms with Crippen molar-refractivity contribution in [3.63, 3.8) is 0 Å². The molecule has 0 heterocycles. The summed E-state index contributed by atoms with van der Waals surface area (Å²) < 4.78 is 10.3. The molecule has 1 rings (SSSR count). The smallest absolute Gasteiger partial charge is 0.251 e. The molecule has 0 saturated carbocycles. The number of nitrogens with zero attached hydrogens (tertiary/aromatic N) is 1. The summed E-state index contributed by atoms with van der Waals surface area (Å²) in [6, 6.07) is 7.06. The molecule has 0 bridgehead atoms. The first-order valence-corrected chi connectivity index (χ1v) is 8.73. The first kappa shape index (κ1) is 22.4. The molecule has 5 N–H and O–H groups in total. The van der Waals surface area contributed by atoms with E-state index in [2.05, 4.69) is 20.9 Å². The third-order valence-electron chi connectivity index (χ3n) is 3.51. The Morgan fingerprint density at radius 3 is 2.44 bits per heavy atom. The van der Waals surface area contributed by atoms with Crippen LogP contribution in [-0.4, -0.2) is 64.8 Å². The average Bonchev–Trinajstić information content (AvgIpc) is 2.68. The van der Waals surface area contributed by atoms with Gasteiger partial charge in [0.25, 0.3) is 5.91 Å². The predicted octanol–water partition coefficient (Wildman–Crippen LogP) is -0.380. The van der Waals surface area contributed by atoms with Gasteiger partial charge in [0.05, 0.1) is 19.8 Å². The van der Waals surface area contributed by atoms with Crippen molar-refractivity contribution in [2.45, 2.75) is 13.0 Å². The van der Waals surface area contributed by atoms with E-state index >= 15 is 0 Å². The van der Waals surface area contributed by atoms with Crippen molar-refractivity contribution < 1.29 is 19.1 Å². The van der Waals surface area contributed by atoms with Gasteiger partial charge in [0.15, 0.2) is 5.96 Å². The van der Waals surface area contributed by atoms with Crippen molar-refractivity contribution in [3.8, 4) is 0 Å². The normalized spacial score (nSPS) is 11.1. The summed E-state index contributed by atoms with van der Waals surface area (Å²) in [4.78, 5) is 26.7. The number of nitrogens with one attached hydrogen (secondary N) is 3. The van der Waals surface area contributed by atoms with Gasteiger partial charge in [-0.05, 0) is 24.1 Å². The van der Waals surface area contributed by atoms with Crippen LogP contribution in [-0.2, 0) is 20.8 Å². The highest BCUT2D eigenvalue weighted by molar-refractivity contribution is 5.96. The van der Waals surface area contributed by atoms with Crippen molar-refractivity contribution >= 4 is 17.8 Å². The Hall–Kier alpha value is -2.65. The van der Waals surface area contributed by atoms with E-state index in [4.69, 9.17) is 15.2 Å². The van der Waals surface area contributed by atoms with Gasteiger partial charge in [-0.25, -0.2) is 0 Å². The summed E-state index contributed by atoms with van der Waals surface area (Å²) >= 11 is 0. The Morgan fingerprint density at radius 1 is 1.07 bits per heavy atom. The molecular formula is C18H29N5O4. The zero-order chi connectivity index (χ0) is 19.9. The van der Waals surface area contributed by atoms with Crippen LogP contribution in [0.15, 0.2) is 29.3 Å². The van der Waals surface area contributed by atoms with Gasteiger partial charge in [-0.2, -0.15) is 0 Å². The van der Waals surface area contributed by atoms with E-state index < -0.39 is 5.91 Å². The summed E-state index contributed by atoms with van der Waals surface area (Å²) in [6.45, 7) is 2.98. The first-order valence-electron chi connectivity index (χ1n) is 8.73. The summed E-state index contributed by atoms with van der Waals surface area (Å²) in [7, 11) is 3.35. The highest BCUT2D eigenvalue weighted by atomic mass is 16.5. The first-order chi connectivity index (χ1) is 13.1. The van der Waals surface area contributed by atoms with Crippen LogP contribution in [0.3, 0.4) is 0 Å². The Balaban J connectivity index is 2.30. The topological polar surface area (TPSA) is 127 Å². The maximum atomic E-state index is 11.8. The molecular weight excluding hydrogens is 350 g/mol. The van der Waals surface area contributed by atoms with Crippen LogP contribution in [0.4, 0.5) is 0 Å². The summed E-state index contributed by atoms with van der Waals surface area (Å²) in [5, 5.41) is 8.86. The van der Waals surface area contributed by atoms with E-state index in [0.717, 1.165) is 18.5 Å². The number of amides is 2. The standard InChI is InChI=1S/C18H29N5O4/c1-20-18(21-8-3-9-27-11-10-26-2)23-12-14-4-6-15(7-5-14)17(25)22-13-16(19)24/h4-7H,3,8-13H2,1-2H3,(H2,19,24)(H,22,25)(H2,20,21,23). The van der Waals surface area contributed by atoms with E-state index in [1.807, 2.05) is 12.1 Å². The molecule has 9 nitrogen and oxygen atoms in total. The minimum absolute atomic E-state index is 0.179. The Labute approximate surface area is 159 Å². The minimum Gasteiger partial charge on any atom is -0.382 e. The Morgan fingerprint density at radius 2 is 1.81 bits per heavy atom. The van der Waals surface area contributed by atoms with Crippen LogP contribution in [0.25, 0.3) is 0 Å². The highest BCUT2D eigenvalue weighted by Crippen LogP contribution is 2.04. The number of primary amides is 1. The lowest BCUT2D eigenvalue weighted by atomic mass is 10.1. The molecule has 1 aromatic rings. The van der Waals surface area contributed by atoms with Crippen molar-refractivity contribution in [1.82, 2.24) is 16.0 Å². The highest BCUT2D eigenvalue weighted by Gasteiger charge is 2.06. The third kappa shape index (κ3) is 10.2. The monoisotopic (exact) mass is 379 g/mol. The van der Waals surface area contributed by atoms with Gasteiger partial charge in [0.2, 0.25) is 5.91 Å². The van der Waals surface area contributed by atoms with Crippen LogP contribution in [0.5, 0.6) is 0 Å². The molecule has 2 amide bonds. The van der Waals surface area contributed by atoms with E-state index in [1.54, 1.807) is 26.3 Å². The number of carbonyl (C=O) groups excluding carboxylic acids is 2. The maximum absolute atomic E-state index is 11.8. The summed E-state index contributed by atoms with van der Waals surface area (Å²) in [5.74, 6) is -0.224. The van der Waals surface area contributed by atoms with Gasteiger partial charge < -0.3 is 31.2 Å².